The maximum Gasteiger partial charge on any atom is 0.331 e. The average Bonchev–Trinajstić information content (AvgIpc) is 3.10. The first kappa shape index (κ1) is 18.3. The first-order chi connectivity index (χ1) is 12.5. The first-order valence-electron chi connectivity index (χ1n) is 9.07. The molecule has 140 valence electrons. The second-order valence-corrected chi connectivity index (χ2v) is 7.00. The van der Waals surface area contributed by atoms with Crippen LogP contribution < -0.4 is 14.8 Å². The molecule has 1 saturated carbocycles. The summed E-state index contributed by atoms with van der Waals surface area (Å²) in [5.41, 5.74) is 0.792. The van der Waals surface area contributed by atoms with Gasteiger partial charge in [0.2, 0.25) is 6.79 Å². The van der Waals surface area contributed by atoms with Crippen LogP contribution in [0.25, 0.3) is 6.08 Å². The standard InChI is InChI=1S/C20H25NO5/c1-13-4-3-5-16(14(13)2)21-19(22)11-24-20(23)9-7-15-6-8-17-18(10-15)26-12-25-17/h6-10,13-14,16H,3-5,11-12H2,1-2H3,(H,21,22)/b9-7+. The van der Waals surface area contributed by atoms with Crippen LogP contribution in [-0.4, -0.2) is 31.3 Å². The maximum atomic E-state index is 12.0. The number of ether oxygens (including phenoxy) is 3. The van der Waals surface area contributed by atoms with Gasteiger partial charge in [-0.15, -0.1) is 0 Å². The molecule has 0 radical (unpaired) electrons. The molecule has 1 aliphatic carbocycles. The Labute approximate surface area is 153 Å². The highest BCUT2D eigenvalue weighted by atomic mass is 16.7. The minimum Gasteiger partial charge on any atom is -0.454 e. The van der Waals surface area contributed by atoms with Gasteiger partial charge in [-0.1, -0.05) is 32.8 Å². The van der Waals surface area contributed by atoms with Crippen molar-refractivity contribution in [1.29, 1.82) is 0 Å². The number of fused-ring (bicyclic) bond motifs is 1. The van der Waals surface area contributed by atoms with Crippen LogP contribution in [0.2, 0.25) is 0 Å². The molecule has 1 fully saturated rings. The fourth-order valence-electron chi connectivity index (χ4n) is 3.40. The Hall–Kier alpha value is -2.50. The van der Waals surface area contributed by atoms with E-state index in [4.69, 9.17) is 14.2 Å². The van der Waals surface area contributed by atoms with E-state index in [-0.39, 0.29) is 25.3 Å². The molecule has 1 aromatic rings. The lowest BCUT2D eigenvalue weighted by atomic mass is 9.78. The quantitative estimate of drug-likeness (QED) is 0.646. The second kappa shape index (κ2) is 8.25. The van der Waals surface area contributed by atoms with Gasteiger partial charge in [-0.3, -0.25) is 4.79 Å². The van der Waals surface area contributed by atoms with Crippen molar-refractivity contribution in [3.05, 3.63) is 29.8 Å². The lowest BCUT2D eigenvalue weighted by Gasteiger charge is -2.34. The van der Waals surface area contributed by atoms with Crippen LogP contribution in [0.3, 0.4) is 0 Å². The molecule has 1 aromatic carbocycles. The Morgan fingerprint density at radius 2 is 2.04 bits per heavy atom. The van der Waals surface area contributed by atoms with Gasteiger partial charge >= 0.3 is 5.97 Å². The van der Waals surface area contributed by atoms with Crippen LogP contribution in [-0.2, 0) is 14.3 Å². The molecule has 3 rings (SSSR count). The van der Waals surface area contributed by atoms with Gasteiger partial charge < -0.3 is 19.5 Å². The molecule has 1 aliphatic heterocycles. The molecule has 6 nitrogen and oxygen atoms in total. The number of rotatable bonds is 5. The van der Waals surface area contributed by atoms with Crippen LogP contribution >= 0.6 is 0 Å². The fraction of sp³-hybridized carbons (Fsp3) is 0.500. The third kappa shape index (κ3) is 4.56. The Balaban J connectivity index is 1.44. The molecule has 6 heteroatoms. The molecule has 2 aliphatic rings. The van der Waals surface area contributed by atoms with Crippen LogP contribution in [0.5, 0.6) is 11.5 Å². The molecule has 0 saturated heterocycles. The zero-order valence-electron chi connectivity index (χ0n) is 15.2. The predicted octanol–water partition coefficient (Wildman–Crippen LogP) is 2.91. The number of hydrogen-bond acceptors (Lipinski definition) is 5. The predicted molar refractivity (Wildman–Crippen MR) is 96.7 cm³/mol. The Morgan fingerprint density at radius 3 is 2.88 bits per heavy atom. The number of benzene rings is 1. The van der Waals surface area contributed by atoms with Gasteiger partial charge in [-0.25, -0.2) is 4.79 Å². The van der Waals surface area contributed by atoms with E-state index in [0.29, 0.717) is 23.3 Å². The summed E-state index contributed by atoms with van der Waals surface area (Å²) in [5, 5.41) is 2.99. The van der Waals surface area contributed by atoms with Gasteiger partial charge in [0, 0.05) is 12.1 Å². The summed E-state index contributed by atoms with van der Waals surface area (Å²) in [4.78, 5) is 23.8. The highest BCUT2D eigenvalue weighted by Gasteiger charge is 2.28. The topological polar surface area (TPSA) is 73.9 Å². The summed E-state index contributed by atoms with van der Waals surface area (Å²) in [7, 11) is 0. The second-order valence-electron chi connectivity index (χ2n) is 7.00. The number of amides is 1. The minimum atomic E-state index is -0.553. The normalized spacial score (nSPS) is 24.5. The number of esters is 1. The van der Waals surface area contributed by atoms with Crippen molar-refractivity contribution in [1.82, 2.24) is 5.32 Å². The highest BCUT2D eigenvalue weighted by molar-refractivity contribution is 5.89. The van der Waals surface area contributed by atoms with Crippen LogP contribution in [0, 0.1) is 11.8 Å². The lowest BCUT2D eigenvalue weighted by Crippen LogP contribution is -2.45. The summed E-state index contributed by atoms with van der Waals surface area (Å²) in [6.07, 6.45) is 6.22. The summed E-state index contributed by atoms with van der Waals surface area (Å²) in [6, 6.07) is 5.54. The SMILES string of the molecule is CC1CCCC(NC(=O)COC(=O)/C=C/c2ccc3c(c2)OCO3)C1C. The smallest absolute Gasteiger partial charge is 0.331 e. The van der Waals surface area contributed by atoms with Crippen molar-refractivity contribution < 1.29 is 23.8 Å². The van der Waals surface area contributed by atoms with E-state index in [1.54, 1.807) is 18.2 Å². The van der Waals surface area contributed by atoms with Crippen molar-refractivity contribution >= 4 is 18.0 Å². The van der Waals surface area contributed by atoms with Gasteiger partial charge in [0.25, 0.3) is 5.91 Å². The molecule has 1 heterocycles. The zero-order valence-corrected chi connectivity index (χ0v) is 15.2. The molecule has 3 unspecified atom stereocenters. The van der Waals surface area contributed by atoms with E-state index >= 15 is 0 Å². The monoisotopic (exact) mass is 359 g/mol. The van der Waals surface area contributed by atoms with E-state index in [1.165, 1.54) is 12.5 Å². The molecule has 0 spiro atoms. The number of carbonyl (C=O) groups excluding carboxylic acids is 2. The number of carbonyl (C=O) groups is 2. The van der Waals surface area contributed by atoms with Gasteiger partial charge in [0.1, 0.15) is 0 Å². The maximum absolute atomic E-state index is 12.0. The molecular formula is C20H25NO5. The average molecular weight is 359 g/mol. The minimum absolute atomic E-state index is 0.161. The Kier molecular flexibility index (Phi) is 5.81. The molecule has 0 aromatic heterocycles. The molecule has 1 N–H and O–H groups in total. The third-order valence-corrected chi connectivity index (χ3v) is 5.21. The number of nitrogens with one attached hydrogen (secondary N) is 1. The molecular weight excluding hydrogens is 334 g/mol. The van der Waals surface area contributed by atoms with E-state index in [1.807, 2.05) is 6.07 Å². The Bertz CT molecular complexity index is 699. The summed E-state index contributed by atoms with van der Waals surface area (Å²) >= 11 is 0. The van der Waals surface area contributed by atoms with Crippen LogP contribution in [0.4, 0.5) is 0 Å². The van der Waals surface area contributed by atoms with Crippen molar-refractivity contribution in [3.63, 3.8) is 0 Å². The first-order valence-corrected chi connectivity index (χ1v) is 9.07. The van der Waals surface area contributed by atoms with E-state index in [2.05, 4.69) is 19.2 Å². The van der Waals surface area contributed by atoms with Gasteiger partial charge in [0.15, 0.2) is 18.1 Å². The molecule has 0 bridgehead atoms. The summed E-state index contributed by atoms with van der Waals surface area (Å²) in [6.45, 7) is 4.32. The van der Waals surface area contributed by atoms with Crippen LogP contribution in [0.15, 0.2) is 24.3 Å². The summed E-state index contributed by atoms with van der Waals surface area (Å²) < 4.78 is 15.6. The third-order valence-electron chi connectivity index (χ3n) is 5.21. The van der Waals surface area contributed by atoms with Gasteiger partial charge in [-0.05, 0) is 42.0 Å². The van der Waals surface area contributed by atoms with E-state index in [0.717, 1.165) is 18.4 Å². The van der Waals surface area contributed by atoms with Gasteiger partial charge in [-0.2, -0.15) is 0 Å². The Morgan fingerprint density at radius 1 is 1.23 bits per heavy atom. The van der Waals surface area contributed by atoms with Crippen LogP contribution in [0.1, 0.15) is 38.7 Å². The fourth-order valence-corrected chi connectivity index (χ4v) is 3.40. The van der Waals surface area contributed by atoms with E-state index in [9.17, 15) is 9.59 Å². The summed E-state index contributed by atoms with van der Waals surface area (Å²) in [5.74, 6) is 1.57. The molecule has 1 amide bonds. The van der Waals surface area contributed by atoms with Crippen molar-refractivity contribution in [3.8, 4) is 11.5 Å². The van der Waals surface area contributed by atoms with Gasteiger partial charge in [0.05, 0.1) is 0 Å². The van der Waals surface area contributed by atoms with E-state index < -0.39 is 5.97 Å². The molecule has 3 atom stereocenters. The van der Waals surface area contributed by atoms with Crippen molar-refractivity contribution in [2.45, 2.75) is 39.2 Å². The van der Waals surface area contributed by atoms with Crippen molar-refractivity contribution in [2.75, 3.05) is 13.4 Å². The van der Waals surface area contributed by atoms with Crippen molar-refractivity contribution in [2.24, 2.45) is 11.8 Å². The number of hydrogen-bond donors (Lipinski definition) is 1. The largest absolute Gasteiger partial charge is 0.454 e. The highest BCUT2D eigenvalue weighted by Crippen LogP contribution is 2.32. The zero-order chi connectivity index (χ0) is 18.5. The molecule has 26 heavy (non-hydrogen) atoms. The lowest BCUT2D eigenvalue weighted by molar-refractivity contribution is -0.144.